The maximum atomic E-state index is 12.7. The van der Waals surface area contributed by atoms with Crippen molar-refractivity contribution in [1.82, 2.24) is 4.98 Å². The fraction of sp³-hybridized carbons (Fsp3) is 0.0952. The number of ether oxygens (including phenoxy) is 1. The molecule has 0 saturated carbocycles. The number of nitrogens with zero attached hydrogens (tertiary/aromatic N) is 1. The molecule has 0 amide bonds. The van der Waals surface area contributed by atoms with E-state index in [-0.39, 0.29) is 6.61 Å². The molecule has 0 saturated heterocycles. The molecule has 4 rings (SSSR count). The normalized spacial score (nSPS) is 11.7. The highest BCUT2D eigenvalue weighted by Crippen LogP contribution is 2.34. The quantitative estimate of drug-likeness (QED) is 0.447. The van der Waals surface area contributed by atoms with Crippen molar-refractivity contribution in [2.75, 3.05) is 5.73 Å². The number of para-hydroxylation sites is 1. The van der Waals surface area contributed by atoms with Gasteiger partial charge in [-0.1, -0.05) is 47.7 Å². The van der Waals surface area contributed by atoms with Crippen LogP contribution in [0.3, 0.4) is 0 Å². The van der Waals surface area contributed by atoms with Crippen molar-refractivity contribution in [1.29, 1.82) is 0 Å². The Balaban J connectivity index is 1.57. The van der Waals surface area contributed by atoms with E-state index in [1.807, 2.05) is 42.5 Å². The molecule has 1 heterocycles. The fourth-order valence-electron chi connectivity index (χ4n) is 2.89. The zero-order valence-electron chi connectivity index (χ0n) is 14.5. The zero-order valence-corrected chi connectivity index (χ0v) is 15.3. The van der Waals surface area contributed by atoms with E-state index >= 15 is 0 Å². The number of halogens is 3. The van der Waals surface area contributed by atoms with Crippen LogP contribution in [0.4, 0.5) is 18.3 Å². The molecule has 7 heteroatoms. The predicted molar refractivity (Wildman–Crippen MR) is 105 cm³/mol. The number of thiazole rings is 1. The average molecular weight is 400 g/mol. The molecule has 142 valence electrons. The number of fused-ring (bicyclic) bond motifs is 1. The molecule has 0 fully saturated rings. The van der Waals surface area contributed by atoms with Gasteiger partial charge in [0, 0.05) is 5.56 Å². The maximum absolute atomic E-state index is 12.7. The lowest BCUT2D eigenvalue weighted by molar-refractivity contribution is -0.137. The van der Waals surface area contributed by atoms with Gasteiger partial charge in [-0.25, -0.2) is 4.98 Å². The third kappa shape index (κ3) is 3.80. The van der Waals surface area contributed by atoms with E-state index in [4.69, 9.17) is 10.5 Å². The van der Waals surface area contributed by atoms with Crippen LogP contribution in [0.5, 0.6) is 5.75 Å². The lowest BCUT2D eigenvalue weighted by Gasteiger charge is -2.12. The van der Waals surface area contributed by atoms with E-state index in [2.05, 4.69) is 4.98 Å². The highest BCUT2D eigenvalue weighted by molar-refractivity contribution is 7.22. The first kappa shape index (κ1) is 18.3. The van der Waals surface area contributed by atoms with Crippen LogP contribution in [0.1, 0.15) is 11.1 Å². The monoisotopic (exact) mass is 400 g/mol. The number of nitrogen functional groups attached to an aromatic ring is 1. The van der Waals surface area contributed by atoms with Crippen molar-refractivity contribution in [3.63, 3.8) is 0 Å². The Kier molecular flexibility index (Phi) is 4.68. The Bertz CT molecular complexity index is 1120. The summed E-state index contributed by atoms with van der Waals surface area (Å²) < 4.78 is 44.9. The second-order valence-corrected chi connectivity index (χ2v) is 7.28. The molecule has 3 aromatic carbocycles. The number of alkyl halides is 3. The molecule has 0 unspecified atom stereocenters. The van der Waals surface area contributed by atoms with Gasteiger partial charge in [0.15, 0.2) is 5.13 Å². The van der Waals surface area contributed by atoms with E-state index in [9.17, 15) is 13.2 Å². The third-order valence-electron chi connectivity index (χ3n) is 4.28. The lowest BCUT2D eigenvalue weighted by atomic mass is 10.0. The predicted octanol–water partition coefficient (Wildman–Crippen LogP) is 6.14. The Morgan fingerprint density at radius 2 is 1.71 bits per heavy atom. The number of nitrogens with two attached hydrogens (primary N) is 1. The van der Waals surface area contributed by atoms with Crippen molar-refractivity contribution < 1.29 is 17.9 Å². The van der Waals surface area contributed by atoms with Crippen LogP contribution in [-0.2, 0) is 12.8 Å². The topological polar surface area (TPSA) is 48.1 Å². The maximum Gasteiger partial charge on any atom is 0.416 e. The summed E-state index contributed by atoms with van der Waals surface area (Å²) in [6, 6.07) is 18.4. The summed E-state index contributed by atoms with van der Waals surface area (Å²) in [6.07, 6.45) is -4.34. The van der Waals surface area contributed by atoms with Gasteiger partial charge in [-0.15, -0.1) is 0 Å². The molecule has 0 aliphatic rings. The molecule has 0 radical (unpaired) electrons. The number of benzene rings is 3. The first-order valence-electron chi connectivity index (χ1n) is 8.44. The van der Waals surface area contributed by atoms with Crippen LogP contribution in [0, 0.1) is 0 Å². The van der Waals surface area contributed by atoms with E-state index < -0.39 is 11.7 Å². The molecular weight excluding hydrogens is 385 g/mol. The summed E-state index contributed by atoms with van der Waals surface area (Å²) in [6.45, 7) is 0.172. The summed E-state index contributed by atoms with van der Waals surface area (Å²) in [7, 11) is 0. The number of aromatic nitrogens is 1. The summed E-state index contributed by atoms with van der Waals surface area (Å²) in [5, 5.41) is 0.513. The van der Waals surface area contributed by atoms with E-state index in [1.165, 1.54) is 23.5 Å². The first-order valence-corrected chi connectivity index (χ1v) is 9.26. The standard InChI is InChI=1S/C21H15F3N2OS/c22-21(23,24)15-8-5-13(6-9-15)12-27-18-4-2-1-3-16(18)14-7-10-17-19(11-14)28-20(25)26-17/h1-11H,12H2,(H2,25,26). The summed E-state index contributed by atoms with van der Waals surface area (Å²) in [5.74, 6) is 0.652. The highest BCUT2D eigenvalue weighted by Gasteiger charge is 2.29. The molecule has 0 atom stereocenters. The zero-order chi connectivity index (χ0) is 19.7. The summed E-state index contributed by atoms with van der Waals surface area (Å²) >= 11 is 1.41. The largest absolute Gasteiger partial charge is 0.488 e. The van der Waals surface area contributed by atoms with Gasteiger partial charge in [0.05, 0.1) is 15.8 Å². The molecule has 3 nitrogen and oxygen atoms in total. The van der Waals surface area contributed by atoms with E-state index in [1.54, 1.807) is 0 Å². The van der Waals surface area contributed by atoms with Crippen LogP contribution in [0.2, 0.25) is 0 Å². The second kappa shape index (κ2) is 7.16. The molecule has 1 aromatic heterocycles. The molecule has 2 N–H and O–H groups in total. The van der Waals surface area contributed by atoms with Crippen LogP contribution < -0.4 is 10.5 Å². The summed E-state index contributed by atoms with van der Waals surface area (Å²) in [4.78, 5) is 4.26. The van der Waals surface area contributed by atoms with Crippen LogP contribution >= 0.6 is 11.3 Å². The van der Waals surface area contributed by atoms with Gasteiger partial charge in [-0.2, -0.15) is 13.2 Å². The van der Waals surface area contributed by atoms with Crippen LogP contribution in [0.25, 0.3) is 21.3 Å². The smallest absolute Gasteiger partial charge is 0.416 e. The van der Waals surface area contributed by atoms with Crippen LogP contribution in [-0.4, -0.2) is 4.98 Å². The minimum atomic E-state index is -4.34. The number of rotatable bonds is 4. The molecule has 0 bridgehead atoms. The lowest BCUT2D eigenvalue weighted by Crippen LogP contribution is -2.05. The van der Waals surface area contributed by atoms with Gasteiger partial charge >= 0.3 is 6.18 Å². The molecule has 0 aliphatic heterocycles. The molecule has 0 spiro atoms. The molecular formula is C21H15F3N2OS. The van der Waals surface area contributed by atoms with Gasteiger partial charge in [-0.05, 0) is 41.5 Å². The highest BCUT2D eigenvalue weighted by atomic mass is 32.1. The van der Waals surface area contributed by atoms with Crippen LogP contribution in [0.15, 0.2) is 66.7 Å². The van der Waals surface area contributed by atoms with Crippen molar-refractivity contribution in [2.24, 2.45) is 0 Å². The van der Waals surface area contributed by atoms with Gasteiger partial charge in [-0.3, -0.25) is 0 Å². The van der Waals surface area contributed by atoms with Gasteiger partial charge < -0.3 is 10.5 Å². The van der Waals surface area contributed by atoms with Crippen molar-refractivity contribution in [3.05, 3.63) is 77.9 Å². The molecule has 4 aromatic rings. The minimum absolute atomic E-state index is 0.172. The Labute approximate surface area is 163 Å². The average Bonchev–Trinajstić information content (AvgIpc) is 3.05. The van der Waals surface area contributed by atoms with E-state index in [0.717, 1.165) is 33.5 Å². The number of hydrogen-bond donors (Lipinski definition) is 1. The summed E-state index contributed by atoms with van der Waals surface area (Å²) in [5.41, 5.74) is 8.45. The SMILES string of the molecule is Nc1nc2ccc(-c3ccccc3OCc3ccc(C(F)(F)F)cc3)cc2s1. The third-order valence-corrected chi connectivity index (χ3v) is 5.13. The molecule has 0 aliphatic carbocycles. The Morgan fingerprint density at radius 3 is 2.46 bits per heavy atom. The number of hydrogen-bond acceptors (Lipinski definition) is 4. The Morgan fingerprint density at radius 1 is 0.964 bits per heavy atom. The minimum Gasteiger partial charge on any atom is -0.488 e. The first-order chi connectivity index (χ1) is 13.4. The van der Waals surface area contributed by atoms with Gasteiger partial charge in [0.1, 0.15) is 12.4 Å². The van der Waals surface area contributed by atoms with E-state index in [0.29, 0.717) is 16.4 Å². The van der Waals surface area contributed by atoms with Crippen molar-refractivity contribution >= 4 is 26.7 Å². The van der Waals surface area contributed by atoms with Gasteiger partial charge in [0.2, 0.25) is 0 Å². The fourth-order valence-corrected chi connectivity index (χ4v) is 3.67. The van der Waals surface area contributed by atoms with Gasteiger partial charge in [0.25, 0.3) is 0 Å². The molecule has 28 heavy (non-hydrogen) atoms. The Hall–Kier alpha value is -3.06. The number of anilines is 1. The van der Waals surface area contributed by atoms with Crippen molar-refractivity contribution in [2.45, 2.75) is 12.8 Å². The second-order valence-electron chi connectivity index (χ2n) is 6.21. The van der Waals surface area contributed by atoms with Crippen molar-refractivity contribution in [3.8, 4) is 16.9 Å².